The van der Waals surface area contributed by atoms with Crippen LogP contribution in [0.15, 0.2) is 58.2 Å². The lowest BCUT2D eigenvalue weighted by Crippen LogP contribution is -2.19. The van der Waals surface area contributed by atoms with Crippen LogP contribution in [0.2, 0.25) is 0 Å². The van der Waals surface area contributed by atoms with Gasteiger partial charge in [0.15, 0.2) is 0 Å². The molecule has 2 aromatic carbocycles. The Morgan fingerprint density at radius 3 is 2.69 bits per heavy atom. The average Bonchev–Trinajstić information content (AvgIpc) is 3.10. The lowest BCUT2D eigenvalue weighted by atomic mass is 10.2. The summed E-state index contributed by atoms with van der Waals surface area (Å²) in [4.78, 5) is 11.0. The van der Waals surface area contributed by atoms with Gasteiger partial charge in [0.2, 0.25) is 10.0 Å². The number of halogens is 1. The molecule has 0 spiro atoms. The highest BCUT2D eigenvalue weighted by Crippen LogP contribution is 2.36. The normalized spacial score (nSPS) is 13.4. The molecule has 1 aliphatic heterocycles. The van der Waals surface area contributed by atoms with Crippen molar-refractivity contribution in [1.82, 2.24) is 14.7 Å². The van der Waals surface area contributed by atoms with Crippen LogP contribution in [0.4, 0.5) is 23.0 Å². The van der Waals surface area contributed by atoms with E-state index in [-0.39, 0.29) is 4.90 Å². The van der Waals surface area contributed by atoms with Crippen molar-refractivity contribution in [2.45, 2.75) is 18.2 Å². The molecule has 29 heavy (non-hydrogen) atoms. The first kappa shape index (κ1) is 19.8. The summed E-state index contributed by atoms with van der Waals surface area (Å²) in [7, 11) is -2.10. The summed E-state index contributed by atoms with van der Waals surface area (Å²) in [5, 5.41) is 3.30. The second-order valence-corrected chi connectivity index (χ2v) is 9.61. The van der Waals surface area contributed by atoms with Gasteiger partial charge < -0.3 is 10.2 Å². The summed E-state index contributed by atoms with van der Waals surface area (Å²) >= 11 is 3.51. The van der Waals surface area contributed by atoms with Gasteiger partial charge in [-0.05, 0) is 61.9 Å². The third kappa shape index (κ3) is 4.12. The molecule has 0 bridgehead atoms. The molecule has 0 radical (unpaired) electrons. The summed E-state index contributed by atoms with van der Waals surface area (Å²) < 4.78 is 27.7. The van der Waals surface area contributed by atoms with E-state index < -0.39 is 10.0 Å². The smallest absolute Gasteiger partial charge is 0.240 e. The maximum Gasteiger partial charge on any atom is 0.240 e. The molecule has 0 fully saturated rings. The predicted octanol–water partition coefficient (Wildman–Crippen LogP) is 3.89. The Kier molecular flexibility index (Phi) is 5.28. The molecule has 7 nitrogen and oxygen atoms in total. The molecule has 2 N–H and O–H groups in total. The Hall–Kier alpha value is -2.49. The van der Waals surface area contributed by atoms with Crippen molar-refractivity contribution >= 4 is 49.0 Å². The first-order valence-electron chi connectivity index (χ1n) is 9.06. The van der Waals surface area contributed by atoms with Gasteiger partial charge in [-0.15, -0.1) is 0 Å². The van der Waals surface area contributed by atoms with E-state index in [9.17, 15) is 8.42 Å². The summed E-state index contributed by atoms with van der Waals surface area (Å²) in [5.74, 6) is 1.38. The van der Waals surface area contributed by atoms with Crippen LogP contribution in [0.5, 0.6) is 0 Å². The van der Waals surface area contributed by atoms with Crippen molar-refractivity contribution in [1.29, 1.82) is 0 Å². The summed E-state index contributed by atoms with van der Waals surface area (Å²) in [6, 6.07) is 13.1. The van der Waals surface area contributed by atoms with Gasteiger partial charge in [-0.2, -0.15) is 0 Å². The summed E-state index contributed by atoms with van der Waals surface area (Å²) in [6.07, 6.45) is 2.33. The maximum absolute atomic E-state index is 12.2. The number of benzene rings is 2. The van der Waals surface area contributed by atoms with Crippen LogP contribution in [-0.2, 0) is 16.4 Å². The number of nitrogens with one attached hydrogen (secondary N) is 2. The fourth-order valence-electron chi connectivity index (χ4n) is 3.40. The van der Waals surface area contributed by atoms with Crippen LogP contribution < -0.4 is 14.9 Å². The van der Waals surface area contributed by atoms with Gasteiger partial charge in [0.1, 0.15) is 18.0 Å². The van der Waals surface area contributed by atoms with Gasteiger partial charge in [0.05, 0.1) is 4.90 Å². The molecule has 0 amide bonds. The van der Waals surface area contributed by atoms with Gasteiger partial charge >= 0.3 is 0 Å². The standard InChI is InChI=1S/C20H20BrN5O2S/c1-13-7-15(21)9-16(8-13)25-19-11-20(24-12-23-19)26-6-5-14-3-4-17(10-18(14)26)29(27,28)22-2/h3-4,7-12,22H,5-6H2,1-2H3,(H,23,24,25). The van der Waals surface area contributed by atoms with E-state index in [0.29, 0.717) is 11.6 Å². The van der Waals surface area contributed by atoms with Crippen LogP contribution in [0.25, 0.3) is 0 Å². The van der Waals surface area contributed by atoms with Crippen molar-refractivity contribution < 1.29 is 8.42 Å². The average molecular weight is 474 g/mol. The fourth-order valence-corrected chi connectivity index (χ4v) is 4.76. The van der Waals surface area contributed by atoms with E-state index in [1.807, 2.05) is 42.2 Å². The summed E-state index contributed by atoms with van der Waals surface area (Å²) in [6.45, 7) is 2.75. The number of rotatable bonds is 5. The molecule has 0 aliphatic carbocycles. The highest BCUT2D eigenvalue weighted by Gasteiger charge is 2.24. The van der Waals surface area contributed by atoms with Crippen LogP contribution in [0.1, 0.15) is 11.1 Å². The number of nitrogens with zero attached hydrogens (tertiary/aromatic N) is 3. The molecule has 4 rings (SSSR count). The molecule has 150 valence electrons. The minimum atomic E-state index is -3.51. The van der Waals surface area contributed by atoms with Crippen LogP contribution >= 0.6 is 15.9 Å². The lowest BCUT2D eigenvalue weighted by molar-refractivity contribution is 0.588. The van der Waals surface area contributed by atoms with Crippen molar-refractivity contribution in [3.05, 3.63) is 64.4 Å². The van der Waals surface area contributed by atoms with E-state index >= 15 is 0 Å². The van der Waals surface area contributed by atoms with Crippen molar-refractivity contribution in [2.24, 2.45) is 0 Å². The SMILES string of the molecule is CNS(=O)(=O)c1ccc2c(c1)N(c1cc(Nc3cc(C)cc(Br)c3)ncn1)CC2. The van der Waals surface area contributed by atoms with Crippen molar-refractivity contribution in [3.63, 3.8) is 0 Å². The van der Waals surface area contributed by atoms with Crippen LogP contribution in [-0.4, -0.2) is 32.0 Å². The largest absolute Gasteiger partial charge is 0.340 e. The molecule has 9 heteroatoms. The van der Waals surface area contributed by atoms with Crippen molar-refractivity contribution in [2.75, 3.05) is 23.8 Å². The van der Waals surface area contributed by atoms with Crippen LogP contribution in [0.3, 0.4) is 0 Å². The quantitative estimate of drug-likeness (QED) is 0.584. The number of anilines is 4. The molecule has 3 aromatic rings. The van der Waals surface area contributed by atoms with Gasteiger partial charge in [-0.3, -0.25) is 0 Å². The second kappa shape index (κ2) is 7.74. The monoisotopic (exact) mass is 473 g/mol. The second-order valence-electron chi connectivity index (χ2n) is 6.80. The van der Waals surface area contributed by atoms with Crippen molar-refractivity contribution in [3.8, 4) is 0 Å². The number of sulfonamides is 1. The minimum Gasteiger partial charge on any atom is -0.340 e. The van der Waals surface area contributed by atoms with E-state index in [4.69, 9.17) is 0 Å². The zero-order valence-corrected chi connectivity index (χ0v) is 18.4. The number of aromatic nitrogens is 2. The van der Waals surface area contributed by atoms with Gasteiger partial charge in [0, 0.05) is 28.5 Å². The predicted molar refractivity (Wildman–Crippen MR) is 118 cm³/mol. The fraction of sp³-hybridized carbons (Fsp3) is 0.200. The molecule has 1 aromatic heterocycles. The molecule has 1 aliphatic rings. The Morgan fingerprint density at radius 2 is 1.93 bits per heavy atom. The lowest BCUT2D eigenvalue weighted by Gasteiger charge is -2.19. The molecule has 0 saturated carbocycles. The third-order valence-corrected chi connectivity index (χ3v) is 6.64. The van der Waals surface area contributed by atoms with E-state index in [1.54, 1.807) is 12.1 Å². The molecule has 0 unspecified atom stereocenters. The molecule has 0 saturated heterocycles. The molecule has 0 atom stereocenters. The topological polar surface area (TPSA) is 87.2 Å². The Balaban J connectivity index is 1.66. The highest BCUT2D eigenvalue weighted by molar-refractivity contribution is 9.10. The zero-order chi connectivity index (χ0) is 20.6. The summed E-state index contributed by atoms with van der Waals surface area (Å²) in [5.41, 5.74) is 3.99. The van der Waals surface area contributed by atoms with Gasteiger partial charge in [-0.1, -0.05) is 22.0 Å². The molecular weight excluding hydrogens is 454 g/mol. The Morgan fingerprint density at radius 1 is 1.10 bits per heavy atom. The maximum atomic E-state index is 12.2. The highest BCUT2D eigenvalue weighted by atomic mass is 79.9. The Labute approximate surface area is 178 Å². The van der Waals surface area contributed by atoms with Gasteiger partial charge in [0.25, 0.3) is 0 Å². The molecular formula is C20H20BrN5O2S. The first-order chi connectivity index (χ1) is 13.9. The van der Waals surface area contributed by atoms with E-state index in [2.05, 4.69) is 35.9 Å². The number of fused-ring (bicyclic) bond motifs is 1. The minimum absolute atomic E-state index is 0.239. The van der Waals surface area contributed by atoms with Crippen LogP contribution in [0, 0.1) is 6.92 Å². The van der Waals surface area contributed by atoms with E-state index in [1.165, 1.54) is 13.4 Å². The third-order valence-electron chi connectivity index (χ3n) is 4.78. The molecule has 2 heterocycles. The van der Waals surface area contributed by atoms with Gasteiger partial charge in [-0.25, -0.2) is 23.1 Å². The number of hydrogen-bond donors (Lipinski definition) is 2. The zero-order valence-electron chi connectivity index (χ0n) is 16.0. The van der Waals surface area contributed by atoms with E-state index in [0.717, 1.165) is 39.9 Å². The number of aryl methyl sites for hydroxylation is 1. The Bertz CT molecular complexity index is 1160. The first-order valence-corrected chi connectivity index (χ1v) is 11.3. The number of hydrogen-bond acceptors (Lipinski definition) is 6.